The van der Waals surface area contributed by atoms with Crippen LogP contribution in [0.2, 0.25) is 0 Å². The highest BCUT2D eigenvalue weighted by atomic mass is 16.5. The molecule has 0 aliphatic heterocycles. The smallest absolute Gasteiger partial charge is 0.314 e. The minimum atomic E-state index is -0.791. The van der Waals surface area contributed by atoms with Crippen LogP contribution in [0.15, 0.2) is 36.4 Å². The first-order chi connectivity index (χ1) is 11.4. The molecule has 0 fully saturated rings. The quantitative estimate of drug-likeness (QED) is 0.846. The van der Waals surface area contributed by atoms with Gasteiger partial charge in [-0.05, 0) is 49.2 Å². The van der Waals surface area contributed by atoms with Gasteiger partial charge in [0.05, 0.1) is 19.9 Å². The van der Waals surface area contributed by atoms with Crippen LogP contribution in [0.3, 0.4) is 0 Å². The van der Waals surface area contributed by atoms with Gasteiger partial charge in [-0.3, -0.25) is 9.59 Å². The summed E-state index contributed by atoms with van der Waals surface area (Å²) in [4.78, 5) is 24.2. The summed E-state index contributed by atoms with van der Waals surface area (Å²) in [5.41, 5.74) is 2.93. The summed E-state index contributed by atoms with van der Waals surface area (Å²) in [7, 11) is 2.99. The summed E-state index contributed by atoms with van der Waals surface area (Å²) in [5, 5.41) is 5.12. The number of methoxy groups -OCH3 is 2. The summed E-state index contributed by atoms with van der Waals surface area (Å²) in [5.74, 6) is -0.574. The van der Waals surface area contributed by atoms with Crippen molar-refractivity contribution in [2.24, 2.45) is 0 Å². The fourth-order valence-corrected chi connectivity index (χ4v) is 2.33. The van der Waals surface area contributed by atoms with Crippen LogP contribution >= 0.6 is 0 Å². The fraction of sp³-hybridized carbons (Fsp3) is 0.222. The first-order valence-electron chi connectivity index (χ1n) is 7.35. The summed E-state index contributed by atoms with van der Waals surface area (Å²) in [6, 6.07) is 10.5. The number of benzene rings is 2. The van der Waals surface area contributed by atoms with E-state index < -0.39 is 11.8 Å². The molecule has 0 saturated carbocycles. The third-order valence-corrected chi connectivity index (χ3v) is 3.34. The molecule has 2 N–H and O–H groups in total. The van der Waals surface area contributed by atoms with Crippen molar-refractivity contribution in [1.29, 1.82) is 0 Å². The number of carbonyl (C=O) groups is 2. The minimum absolute atomic E-state index is 0.359. The van der Waals surface area contributed by atoms with Crippen molar-refractivity contribution in [3.63, 3.8) is 0 Å². The zero-order chi connectivity index (χ0) is 17.7. The zero-order valence-corrected chi connectivity index (χ0v) is 14.1. The van der Waals surface area contributed by atoms with E-state index in [2.05, 4.69) is 10.6 Å². The molecule has 0 radical (unpaired) electrons. The van der Waals surface area contributed by atoms with Gasteiger partial charge in [0.25, 0.3) is 0 Å². The van der Waals surface area contributed by atoms with Crippen molar-refractivity contribution in [3.8, 4) is 11.5 Å². The average Bonchev–Trinajstić information content (AvgIpc) is 2.53. The number of ether oxygens (including phenoxy) is 2. The Morgan fingerprint density at radius 3 is 2.04 bits per heavy atom. The van der Waals surface area contributed by atoms with Crippen LogP contribution in [0.5, 0.6) is 11.5 Å². The van der Waals surface area contributed by atoms with Crippen LogP contribution < -0.4 is 20.1 Å². The van der Waals surface area contributed by atoms with E-state index in [0.717, 1.165) is 11.1 Å². The molecule has 0 aromatic heterocycles. The second-order valence-corrected chi connectivity index (χ2v) is 5.35. The lowest BCUT2D eigenvalue weighted by molar-refractivity contribution is -0.133. The highest BCUT2D eigenvalue weighted by molar-refractivity contribution is 6.43. The summed E-state index contributed by atoms with van der Waals surface area (Å²) in [6.45, 7) is 3.84. The SMILES string of the molecule is COc1ccc(OC)c(NC(=O)C(=O)Nc2cc(C)cc(C)c2)c1. The second-order valence-electron chi connectivity index (χ2n) is 5.35. The highest BCUT2D eigenvalue weighted by Crippen LogP contribution is 2.28. The number of hydrogen-bond acceptors (Lipinski definition) is 4. The predicted molar refractivity (Wildman–Crippen MR) is 92.7 cm³/mol. The normalized spacial score (nSPS) is 10.0. The molecule has 24 heavy (non-hydrogen) atoms. The lowest BCUT2D eigenvalue weighted by Crippen LogP contribution is -2.29. The van der Waals surface area contributed by atoms with Gasteiger partial charge in [0.2, 0.25) is 0 Å². The molecule has 2 amide bonds. The maximum atomic E-state index is 12.1. The third-order valence-electron chi connectivity index (χ3n) is 3.34. The van der Waals surface area contributed by atoms with Crippen LogP contribution in [0.4, 0.5) is 11.4 Å². The maximum Gasteiger partial charge on any atom is 0.314 e. The van der Waals surface area contributed by atoms with Gasteiger partial charge < -0.3 is 20.1 Å². The van der Waals surface area contributed by atoms with Gasteiger partial charge in [-0.1, -0.05) is 6.07 Å². The number of rotatable bonds is 4. The van der Waals surface area contributed by atoms with E-state index in [0.29, 0.717) is 22.9 Å². The Bertz CT molecular complexity index is 751. The zero-order valence-electron chi connectivity index (χ0n) is 14.1. The topological polar surface area (TPSA) is 76.7 Å². The van der Waals surface area contributed by atoms with E-state index in [1.807, 2.05) is 19.9 Å². The van der Waals surface area contributed by atoms with Crippen molar-refractivity contribution in [2.45, 2.75) is 13.8 Å². The molecule has 2 rings (SSSR count). The molecule has 6 nitrogen and oxygen atoms in total. The molecule has 0 spiro atoms. The van der Waals surface area contributed by atoms with E-state index in [4.69, 9.17) is 9.47 Å². The van der Waals surface area contributed by atoms with Crippen molar-refractivity contribution >= 4 is 23.2 Å². The van der Waals surface area contributed by atoms with Gasteiger partial charge in [0.1, 0.15) is 11.5 Å². The molecule has 0 bridgehead atoms. The molecule has 0 aliphatic rings. The summed E-state index contributed by atoms with van der Waals surface area (Å²) >= 11 is 0. The molecule has 2 aromatic rings. The Kier molecular flexibility index (Phi) is 5.42. The fourth-order valence-electron chi connectivity index (χ4n) is 2.33. The number of hydrogen-bond donors (Lipinski definition) is 2. The molecule has 0 aliphatic carbocycles. The number of anilines is 2. The average molecular weight is 328 g/mol. The molecule has 0 heterocycles. The Balaban J connectivity index is 2.13. The molecule has 0 unspecified atom stereocenters. The van der Waals surface area contributed by atoms with Gasteiger partial charge >= 0.3 is 11.8 Å². The number of carbonyl (C=O) groups excluding carboxylic acids is 2. The summed E-state index contributed by atoms with van der Waals surface area (Å²) < 4.78 is 10.3. The molecule has 0 saturated heterocycles. The molecular formula is C18H20N2O4. The van der Waals surface area contributed by atoms with Crippen molar-refractivity contribution in [3.05, 3.63) is 47.5 Å². The maximum absolute atomic E-state index is 12.1. The van der Waals surface area contributed by atoms with E-state index in [1.165, 1.54) is 14.2 Å². The van der Waals surface area contributed by atoms with Gasteiger partial charge in [-0.25, -0.2) is 0 Å². The molecule has 6 heteroatoms. The largest absolute Gasteiger partial charge is 0.497 e. The van der Waals surface area contributed by atoms with Gasteiger partial charge in [0.15, 0.2) is 0 Å². The lowest BCUT2D eigenvalue weighted by atomic mass is 10.1. The number of aryl methyl sites for hydroxylation is 2. The predicted octanol–water partition coefficient (Wildman–Crippen LogP) is 2.90. The van der Waals surface area contributed by atoms with Crippen molar-refractivity contribution in [2.75, 3.05) is 24.9 Å². The molecule has 126 valence electrons. The van der Waals surface area contributed by atoms with E-state index in [9.17, 15) is 9.59 Å². The van der Waals surface area contributed by atoms with Crippen LogP contribution in [0.1, 0.15) is 11.1 Å². The van der Waals surface area contributed by atoms with Crippen molar-refractivity contribution in [1.82, 2.24) is 0 Å². The first-order valence-corrected chi connectivity index (χ1v) is 7.35. The van der Waals surface area contributed by atoms with Gasteiger partial charge in [-0.2, -0.15) is 0 Å². The Labute approximate surface area is 140 Å². The van der Waals surface area contributed by atoms with E-state index in [-0.39, 0.29) is 0 Å². The number of amides is 2. The Morgan fingerprint density at radius 2 is 1.46 bits per heavy atom. The number of nitrogens with one attached hydrogen (secondary N) is 2. The van der Waals surface area contributed by atoms with Gasteiger partial charge in [-0.15, -0.1) is 0 Å². The van der Waals surface area contributed by atoms with E-state index >= 15 is 0 Å². The van der Waals surface area contributed by atoms with Crippen molar-refractivity contribution < 1.29 is 19.1 Å². The third kappa shape index (κ3) is 4.25. The van der Waals surface area contributed by atoms with E-state index in [1.54, 1.807) is 30.3 Å². The van der Waals surface area contributed by atoms with Gasteiger partial charge in [0, 0.05) is 11.8 Å². The Hall–Kier alpha value is -3.02. The molecule has 2 aromatic carbocycles. The first kappa shape index (κ1) is 17.3. The molecule has 0 atom stereocenters. The van der Waals surface area contributed by atoms with Crippen LogP contribution in [-0.4, -0.2) is 26.0 Å². The van der Waals surface area contributed by atoms with Crippen LogP contribution in [0, 0.1) is 13.8 Å². The lowest BCUT2D eigenvalue weighted by Gasteiger charge is -2.12. The van der Waals surface area contributed by atoms with Crippen LogP contribution in [-0.2, 0) is 9.59 Å². The van der Waals surface area contributed by atoms with Crippen LogP contribution in [0.25, 0.3) is 0 Å². The monoisotopic (exact) mass is 328 g/mol. The standard InChI is InChI=1S/C18H20N2O4/c1-11-7-12(2)9-13(8-11)19-17(21)18(22)20-15-10-14(23-3)5-6-16(15)24-4/h5-10H,1-4H3,(H,19,21)(H,20,22). The minimum Gasteiger partial charge on any atom is -0.497 e. The Morgan fingerprint density at radius 1 is 0.833 bits per heavy atom. The summed E-state index contributed by atoms with van der Waals surface area (Å²) in [6.07, 6.45) is 0. The second kappa shape index (κ2) is 7.50. The highest BCUT2D eigenvalue weighted by Gasteiger charge is 2.17. The molecular weight excluding hydrogens is 308 g/mol.